The van der Waals surface area contributed by atoms with Crippen LogP contribution in [0.15, 0.2) is 47.0 Å². The first-order valence-electron chi connectivity index (χ1n) is 9.27. The highest BCUT2D eigenvalue weighted by molar-refractivity contribution is 6.11. The first kappa shape index (κ1) is 18.2. The summed E-state index contributed by atoms with van der Waals surface area (Å²) in [7, 11) is 1.92. The van der Waals surface area contributed by atoms with Crippen molar-refractivity contribution in [2.45, 2.75) is 33.1 Å². The molecule has 140 valence electrons. The van der Waals surface area contributed by atoms with Gasteiger partial charge in [-0.3, -0.25) is 0 Å². The molecule has 0 saturated carbocycles. The SMILES string of the molecule is Cc1ccc2c(oc3cccc(C#N)c32)c1-c1cc(F)c(C(C)(C)C)c[n+]1C. The highest BCUT2D eigenvalue weighted by Crippen LogP contribution is 2.38. The standard InChI is InChI=1S/C24H22FN2O/c1-14-9-10-16-22-15(12-26)7-6-8-20(22)28-23(16)21(14)19-11-18(25)17(13-27(19)5)24(2,3)4/h6-11,13H,1-5H3/q+1. The number of aromatic nitrogens is 1. The summed E-state index contributed by atoms with van der Waals surface area (Å²) in [6.45, 7) is 7.99. The number of nitrogens with zero attached hydrogens (tertiary/aromatic N) is 2. The third-order valence-electron chi connectivity index (χ3n) is 5.28. The Morgan fingerprint density at radius 2 is 1.89 bits per heavy atom. The Kier molecular flexibility index (Phi) is 4.01. The van der Waals surface area contributed by atoms with Crippen LogP contribution in [0.1, 0.15) is 37.5 Å². The minimum atomic E-state index is -0.289. The Morgan fingerprint density at radius 1 is 1.14 bits per heavy atom. The van der Waals surface area contributed by atoms with E-state index in [1.165, 1.54) is 0 Å². The van der Waals surface area contributed by atoms with Crippen LogP contribution in [0.2, 0.25) is 0 Å². The number of furan rings is 1. The van der Waals surface area contributed by atoms with Crippen molar-refractivity contribution < 1.29 is 13.4 Å². The zero-order chi connectivity index (χ0) is 20.2. The third kappa shape index (κ3) is 2.66. The van der Waals surface area contributed by atoms with E-state index in [4.69, 9.17) is 4.42 Å². The van der Waals surface area contributed by atoms with Crippen LogP contribution >= 0.6 is 0 Å². The monoisotopic (exact) mass is 373 g/mol. The van der Waals surface area contributed by atoms with E-state index in [0.29, 0.717) is 22.3 Å². The second-order valence-corrected chi connectivity index (χ2v) is 8.31. The lowest BCUT2D eigenvalue weighted by molar-refractivity contribution is -0.661. The number of benzene rings is 2. The molecular formula is C24H22FN2O+. The summed E-state index contributed by atoms with van der Waals surface area (Å²) in [4.78, 5) is 0. The lowest BCUT2D eigenvalue weighted by Crippen LogP contribution is -2.34. The molecule has 0 atom stereocenters. The number of pyridine rings is 1. The van der Waals surface area contributed by atoms with Gasteiger partial charge in [-0.25, -0.2) is 8.96 Å². The zero-order valence-corrected chi connectivity index (χ0v) is 16.7. The maximum absolute atomic E-state index is 15.0. The first-order chi connectivity index (χ1) is 13.2. The number of hydrogen-bond donors (Lipinski definition) is 0. The summed E-state index contributed by atoms with van der Waals surface area (Å²) >= 11 is 0. The van der Waals surface area contributed by atoms with Crippen molar-refractivity contribution in [3.63, 3.8) is 0 Å². The second-order valence-electron chi connectivity index (χ2n) is 8.31. The van der Waals surface area contributed by atoms with Crippen molar-refractivity contribution in [1.29, 1.82) is 5.26 Å². The molecule has 2 aromatic carbocycles. The molecule has 0 bridgehead atoms. The van der Waals surface area contributed by atoms with Crippen molar-refractivity contribution in [2.75, 3.05) is 0 Å². The van der Waals surface area contributed by atoms with Gasteiger partial charge in [0.1, 0.15) is 24.0 Å². The van der Waals surface area contributed by atoms with Gasteiger partial charge in [-0.2, -0.15) is 5.26 Å². The maximum Gasteiger partial charge on any atom is 0.219 e. The molecule has 0 saturated heterocycles. The van der Waals surface area contributed by atoms with Gasteiger partial charge in [0.25, 0.3) is 0 Å². The zero-order valence-electron chi connectivity index (χ0n) is 16.7. The highest BCUT2D eigenvalue weighted by atomic mass is 19.1. The molecule has 2 aromatic heterocycles. The molecule has 0 aliphatic carbocycles. The van der Waals surface area contributed by atoms with Crippen molar-refractivity contribution in [1.82, 2.24) is 0 Å². The molecule has 4 aromatic rings. The van der Waals surface area contributed by atoms with E-state index in [1.54, 1.807) is 12.1 Å². The lowest BCUT2D eigenvalue weighted by atomic mass is 9.87. The summed E-state index contributed by atoms with van der Waals surface area (Å²) in [5, 5.41) is 11.2. The van der Waals surface area contributed by atoms with Crippen LogP contribution < -0.4 is 4.57 Å². The average Bonchev–Trinajstić information content (AvgIpc) is 3.01. The number of hydrogen-bond acceptors (Lipinski definition) is 2. The van der Waals surface area contributed by atoms with Crippen LogP contribution in [0.5, 0.6) is 0 Å². The van der Waals surface area contributed by atoms with Crippen molar-refractivity contribution in [2.24, 2.45) is 7.05 Å². The van der Waals surface area contributed by atoms with E-state index in [9.17, 15) is 9.65 Å². The fraction of sp³-hybridized carbons (Fsp3) is 0.250. The van der Waals surface area contributed by atoms with E-state index >= 15 is 0 Å². The van der Waals surface area contributed by atoms with Crippen LogP contribution in [-0.4, -0.2) is 0 Å². The van der Waals surface area contributed by atoms with E-state index in [2.05, 4.69) is 6.07 Å². The lowest BCUT2D eigenvalue weighted by Gasteiger charge is -2.18. The van der Waals surface area contributed by atoms with Crippen LogP contribution in [0.3, 0.4) is 0 Å². The normalized spacial score (nSPS) is 11.9. The Hall–Kier alpha value is -3.19. The van der Waals surface area contributed by atoms with Gasteiger partial charge >= 0.3 is 0 Å². The predicted molar refractivity (Wildman–Crippen MR) is 108 cm³/mol. The van der Waals surface area contributed by atoms with Gasteiger partial charge in [0.05, 0.1) is 22.8 Å². The molecule has 2 heterocycles. The average molecular weight is 373 g/mol. The molecule has 0 N–H and O–H groups in total. The fourth-order valence-electron chi connectivity index (χ4n) is 3.82. The Morgan fingerprint density at radius 3 is 2.57 bits per heavy atom. The molecule has 0 aliphatic heterocycles. The van der Waals surface area contributed by atoms with Crippen LogP contribution in [0.25, 0.3) is 33.2 Å². The molecule has 4 rings (SSSR count). The largest absolute Gasteiger partial charge is 0.455 e. The molecule has 0 unspecified atom stereocenters. The van der Waals surface area contributed by atoms with Gasteiger partial charge in [-0.1, -0.05) is 39.0 Å². The number of aryl methyl sites for hydroxylation is 2. The minimum Gasteiger partial charge on any atom is -0.455 e. The fourth-order valence-corrected chi connectivity index (χ4v) is 3.82. The van der Waals surface area contributed by atoms with Gasteiger partial charge in [0.2, 0.25) is 5.69 Å². The summed E-state index contributed by atoms with van der Waals surface area (Å²) in [6.07, 6.45) is 1.85. The van der Waals surface area contributed by atoms with Crippen molar-refractivity contribution in [3.8, 4) is 17.3 Å². The molecular weight excluding hydrogens is 351 g/mol. The summed E-state index contributed by atoms with van der Waals surface area (Å²) in [5.74, 6) is -0.231. The maximum atomic E-state index is 15.0. The van der Waals surface area contributed by atoms with Gasteiger partial charge in [-0.15, -0.1) is 0 Å². The molecule has 3 nitrogen and oxygen atoms in total. The number of fused-ring (bicyclic) bond motifs is 3. The number of halogens is 1. The van der Waals surface area contributed by atoms with Gasteiger partial charge in [0.15, 0.2) is 6.20 Å². The summed E-state index contributed by atoms with van der Waals surface area (Å²) in [6, 6.07) is 13.3. The second kappa shape index (κ2) is 6.17. The van der Waals surface area contributed by atoms with E-state index < -0.39 is 0 Å². The van der Waals surface area contributed by atoms with Crippen LogP contribution in [0, 0.1) is 24.1 Å². The van der Waals surface area contributed by atoms with Crippen molar-refractivity contribution in [3.05, 3.63) is 65.1 Å². The minimum absolute atomic E-state index is 0.231. The topological polar surface area (TPSA) is 40.8 Å². The predicted octanol–water partition coefficient (Wildman–Crippen LogP) is 5.69. The van der Waals surface area contributed by atoms with Crippen LogP contribution in [0.4, 0.5) is 4.39 Å². The molecule has 0 fully saturated rings. The first-order valence-corrected chi connectivity index (χ1v) is 9.27. The van der Waals surface area contributed by atoms with Gasteiger partial charge in [0, 0.05) is 16.8 Å². The molecule has 0 spiro atoms. The van der Waals surface area contributed by atoms with Crippen LogP contribution in [-0.2, 0) is 12.5 Å². The van der Waals surface area contributed by atoms with Gasteiger partial charge in [-0.05, 0) is 30.0 Å². The molecule has 0 aliphatic rings. The molecule has 0 amide bonds. The summed E-state index contributed by atoms with van der Waals surface area (Å²) < 4.78 is 23.1. The van der Waals surface area contributed by atoms with E-state index in [0.717, 1.165) is 27.6 Å². The third-order valence-corrected chi connectivity index (χ3v) is 5.28. The van der Waals surface area contributed by atoms with E-state index in [-0.39, 0.29) is 11.2 Å². The van der Waals surface area contributed by atoms with Crippen molar-refractivity contribution >= 4 is 21.9 Å². The smallest absolute Gasteiger partial charge is 0.219 e. The van der Waals surface area contributed by atoms with E-state index in [1.807, 2.05) is 69.8 Å². The van der Waals surface area contributed by atoms with Gasteiger partial charge < -0.3 is 4.42 Å². The molecule has 28 heavy (non-hydrogen) atoms. The molecule has 4 heteroatoms. The Bertz CT molecular complexity index is 1290. The molecule has 0 radical (unpaired) electrons. The highest BCUT2D eigenvalue weighted by Gasteiger charge is 2.27. The number of rotatable bonds is 1. The Balaban J connectivity index is 2.09. The number of nitriles is 1. The quantitative estimate of drug-likeness (QED) is 0.402. The summed E-state index contributed by atoms with van der Waals surface area (Å²) in [5.41, 5.74) is 4.87. The Labute approximate surface area is 163 Å².